The number of hydrogen-bond acceptors (Lipinski definition) is 1. The molecule has 2 nitrogen and oxygen atoms in total. The normalized spacial score (nSPS) is 6.75. The molecule has 89 valence electrons. The smallest absolute Gasteiger partial charge is 0.665 e. The maximum atomic E-state index is 7.39. The van der Waals surface area contributed by atoms with Crippen LogP contribution < -0.4 is 5.32 Å². The van der Waals surface area contributed by atoms with Gasteiger partial charge in [-0.2, -0.15) is 6.42 Å². The van der Waals surface area contributed by atoms with Gasteiger partial charge in [0, 0.05) is 294 Å². The average Bonchev–Trinajstić information content (AvgIpc) is 1.89. The fourth-order valence-electron chi connectivity index (χ4n) is 0.700. The maximum absolute atomic E-state index is 7.39. The molecule has 1 unspecified atom stereocenters. The Morgan fingerprint density at radius 2 is 1.30 bits per heavy atom. The Bertz CT molecular complexity index is 84.3. The molecule has 0 aromatic heterocycles. The molecule has 0 amide bonds. The van der Waals surface area contributed by atoms with Gasteiger partial charge in [0.2, 0.25) is 0 Å². The minimum atomic E-state index is -0.114. The minimum Gasteiger partial charge on any atom is -0.665 e. The Balaban J connectivity index is -0.00000000900. The van der Waals surface area contributed by atoms with Crippen LogP contribution in [0, 0.1) is 13.5 Å². The second kappa shape index (κ2) is 63.1. The van der Waals surface area contributed by atoms with Gasteiger partial charge in [0.25, 0.3) is 0 Å². The second-order valence-electron chi connectivity index (χ2n) is 2.35. The van der Waals surface area contributed by atoms with Crippen LogP contribution in [0.1, 0.15) is 32.6 Å². The maximum Gasteiger partial charge on any atom is 3.00 e. The third kappa shape index (κ3) is 63.0. The first-order valence-electron chi connectivity index (χ1n) is 3.89. The Labute approximate surface area is 378 Å². The van der Waals surface area contributed by atoms with E-state index in [4.69, 9.17) is 5.73 Å². The zero-order valence-corrected chi connectivity index (χ0v) is 40.8. The Hall–Kier alpha value is 11.0. The van der Waals surface area contributed by atoms with Gasteiger partial charge in [-0.25, -0.2) is 6.42 Å². The number of nitrogens with one attached hydrogen (secondary N) is 2. The molecule has 12 heteroatoms. The summed E-state index contributed by atoms with van der Waals surface area (Å²) in [6.45, 7) is 7.71. The molecule has 0 aromatic carbocycles. The molecule has 0 fully saturated rings. The molecule has 1 atom stereocenters. The van der Waals surface area contributed by atoms with E-state index in [0.717, 1.165) is 25.7 Å². The summed E-state index contributed by atoms with van der Waals surface area (Å²) in [6, 6.07) is 0. The first-order valence-corrected chi connectivity index (χ1v) is 3.89. The van der Waals surface area contributed by atoms with Crippen molar-refractivity contribution in [1.29, 1.82) is 0 Å². The molecule has 0 heterocycles. The van der Waals surface area contributed by atoms with E-state index in [9.17, 15) is 0 Å². The number of unbranched alkanes of at least 4 members (excludes halogenated alkanes) is 1. The van der Waals surface area contributed by atoms with Crippen molar-refractivity contribution in [3.63, 3.8) is 0 Å². The standard InChI is InChI=1S/C8H17N2.10Y/c1-3-5-7-10-8(9)6-4-2;;;;;;;;;;/h7-10H,1,3-6H2,2H3;;;;;;;;;;/q-3;;;;;;;;;;+3. The molecule has 0 spiro atoms. The van der Waals surface area contributed by atoms with Crippen molar-refractivity contribution in [3.05, 3.63) is 19.2 Å². The van der Waals surface area contributed by atoms with E-state index in [0.29, 0.717) is 0 Å². The van der Waals surface area contributed by atoms with Crippen molar-refractivity contribution >= 4 is 0 Å². The fraction of sp³-hybridized carbons (Fsp3) is 0.750. The van der Waals surface area contributed by atoms with Crippen LogP contribution in [0.4, 0.5) is 0 Å². The van der Waals surface area contributed by atoms with Gasteiger partial charge in [0.1, 0.15) is 0 Å². The Morgan fingerprint density at radius 1 is 0.950 bits per heavy atom. The first-order chi connectivity index (χ1) is 4.81. The average molecular weight is 1030 g/mol. The van der Waals surface area contributed by atoms with Crippen LogP contribution >= 0.6 is 0 Å². The molecule has 2 N–H and O–H groups in total. The molecule has 20 heavy (non-hydrogen) atoms. The van der Waals surface area contributed by atoms with Crippen molar-refractivity contribution < 1.29 is 327 Å². The van der Waals surface area contributed by atoms with Crippen molar-refractivity contribution in [2.45, 2.75) is 38.8 Å². The van der Waals surface area contributed by atoms with Crippen molar-refractivity contribution in [2.75, 3.05) is 0 Å². The molecule has 0 aliphatic rings. The molecule has 0 saturated carbocycles. The predicted octanol–water partition coefficient (Wildman–Crippen LogP) is 2.51. The van der Waals surface area contributed by atoms with Gasteiger partial charge in [-0.3, -0.25) is 6.54 Å². The van der Waals surface area contributed by atoms with Crippen molar-refractivity contribution in [1.82, 2.24) is 5.32 Å². The van der Waals surface area contributed by atoms with E-state index in [1.165, 1.54) is 0 Å². The van der Waals surface area contributed by atoms with Gasteiger partial charge in [-0.05, 0) is 0 Å². The van der Waals surface area contributed by atoms with E-state index in [1.807, 2.05) is 6.54 Å². The van der Waals surface area contributed by atoms with Crippen molar-refractivity contribution in [2.24, 2.45) is 0 Å². The summed E-state index contributed by atoms with van der Waals surface area (Å²) in [5, 5.41) is 2.99. The van der Waals surface area contributed by atoms with Crippen LogP contribution in [0.3, 0.4) is 0 Å². The Kier molecular flexibility index (Phi) is 220. The monoisotopic (exact) mass is 1030 g/mol. The predicted molar refractivity (Wildman–Crippen MR) is 45.0 cm³/mol. The van der Waals surface area contributed by atoms with E-state index in [1.54, 1.807) is 0 Å². The molecule has 0 bridgehead atoms. The third-order valence-corrected chi connectivity index (χ3v) is 1.24. The van der Waals surface area contributed by atoms with Gasteiger partial charge in [-0.1, -0.05) is 19.8 Å². The SMILES string of the molecule is [CH2-]CC[CH-]NC([NH-])CCC.[Y+3].[Y].[Y].[Y].[Y].[Y].[Y].[Y].[Y].[Y]. The topological polar surface area (TPSA) is 35.8 Å². The first kappa shape index (κ1) is 69.8. The number of rotatable bonds is 6. The summed E-state index contributed by atoms with van der Waals surface area (Å²) in [6.07, 6.45) is 3.74. The summed E-state index contributed by atoms with van der Waals surface area (Å²) >= 11 is 0. The van der Waals surface area contributed by atoms with Crippen LogP contribution in [0.5, 0.6) is 0 Å². The Morgan fingerprint density at radius 3 is 1.55 bits per heavy atom. The summed E-state index contributed by atoms with van der Waals surface area (Å²) in [7, 11) is 0. The fourth-order valence-corrected chi connectivity index (χ4v) is 0.700. The quantitative estimate of drug-likeness (QED) is 0.323. The molecule has 0 rings (SSSR count). The molecule has 0 saturated heterocycles. The van der Waals surface area contributed by atoms with Crippen LogP contribution in [0.2, 0.25) is 0 Å². The van der Waals surface area contributed by atoms with Gasteiger partial charge in [-0.15, -0.1) is 6.17 Å². The zero-order valence-electron chi connectivity index (χ0n) is 12.5. The summed E-state index contributed by atoms with van der Waals surface area (Å²) in [4.78, 5) is 0. The van der Waals surface area contributed by atoms with Crippen molar-refractivity contribution in [3.8, 4) is 0 Å². The van der Waals surface area contributed by atoms with E-state index in [2.05, 4.69) is 19.2 Å². The van der Waals surface area contributed by atoms with Crippen LogP contribution in [-0.2, 0) is 327 Å². The molecule has 0 aliphatic heterocycles. The van der Waals surface area contributed by atoms with E-state index in [-0.39, 0.29) is 333 Å². The number of hydrogen-bond donors (Lipinski definition) is 1. The summed E-state index contributed by atoms with van der Waals surface area (Å²) in [5.41, 5.74) is 7.39. The molecular weight excluding hydrogens is 1010 g/mol. The van der Waals surface area contributed by atoms with Crippen LogP contribution in [0.25, 0.3) is 5.73 Å². The summed E-state index contributed by atoms with van der Waals surface area (Å²) < 4.78 is 0. The second-order valence-corrected chi connectivity index (χ2v) is 2.35. The summed E-state index contributed by atoms with van der Waals surface area (Å²) in [5.74, 6) is 0. The van der Waals surface area contributed by atoms with Crippen LogP contribution in [-0.4, -0.2) is 6.17 Å². The van der Waals surface area contributed by atoms with Gasteiger partial charge in [0.05, 0.1) is 0 Å². The molecule has 9 radical (unpaired) electrons. The molecule has 0 aliphatic carbocycles. The van der Waals surface area contributed by atoms with E-state index < -0.39 is 0 Å². The molecule has 0 aromatic rings. The van der Waals surface area contributed by atoms with E-state index >= 15 is 0 Å². The largest absolute Gasteiger partial charge is 3.00 e. The zero-order chi connectivity index (χ0) is 7.82. The third-order valence-electron chi connectivity index (χ3n) is 1.24. The van der Waals surface area contributed by atoms with Crippen LogP contribution in [0.15, 0.2) is 0 Å². The van der Waals surface area contributed by atoms with Gasteiger partial charge < -0.3 is 18.0 Å². The van der Waals surface area contributed by atoms with Gasteiger partial charge in [0.15, 0.2) is 0 Å². The molecular formula is C8H17N2Y10. The van der Waals surface area contributed by atoms with Gasteiger partial charge >= 0.3 is 32.7 Å². The minimum absolute atomic E-state index is 0.